The molecule has 2 aliphatic carbocycles. The van der Waals surface area contributed by atoms with Crippen LogP contribution in [-0.4, -0.2) is 67.0 Å². The molecule has 0 amide bonds. The predicted octanol–water partition coefficient (Wildman–Crippen LogP) is 6.38. The molecule has 4 aromatic rings. The monoisotopic (exact) mass is 631 g/mol. The maximum Gasteiger partial charge on any atom is 0.417 e. The zero-order valence-electron chi connectivity index (χ0n) is 24.9. The third kappa shape index (κ3) is 5.44. The number of rotatable bonds is 8. The van der Waals surface area contributed by atoms with Crippen molar-refractivity contribution in [3.8, 4) is 0 Å². The first kappa shape index (κ1) is 29.8. The van der Waals surface area contributed by atoms with E-state index in [1.165, 1.54) is 12.4 Å². The van der Waals surface area contributed by atoms with Gasteiger partial charge >= 0.3 is 6.18 Å². The van der Waals surface area contributed by atoms with Gasteiger partial charge in [-0.3, -0.25) is 0 Å². The van der Waals surface area contributed by atoms with E-state index in [-0.39, 0.29) is 23.3 Å². The number of hydrogen-bond donors (Lipinski definition) is 2. The number of ether oxygens (including phenoxy) is 2. The second kappa shape index (κ2) is 10.9. The van der Waals surface area contributed by atoms with Crippen molar-refractivity contribution in [3.63, 3.8) is 0 Å². The van der Waals surface area contributed by atoms with Crippen LogP contribution >= 0.6 is 11.6 Å². The Morgan fingerprint density at radius 1 is 1.16 bits per heavy atom. The van der Waals surface area contributed by atoms with Gasteiger partial charge < -0.3 is 29.7 Å². The molecule has 1 saturated heterocycles. The molecule has 0 unspecified atom stereocenters. The van der Waals surface area contributed by atoms with Crippen LogP contribution < -0.4 is 5.73 Å². The standard InChI is InChI=1S/C31H37ClF3N7O2/c1-30(2)43-26-17(11-24(27(26)44-30)42-8-7-19-28(36)37-15-38-29(19)42)14-41(3)18-9-16(10-18)5-4-6-25-39-22-12-20(31(33,34)35)21(32)13-23(22)40-25/h7-8,12-13,15-18,24,26-27H,4-6,9-11,14H2,1-3H3,(H,39,40)(H2,36,37,38)/t16?,17-,18?,24-,26-,27+/m1/s1. The minimum atomic E-state index is -4.50. The van der Waals surface area contributed by atoms with Gasteiger partial charge in [-0.25, -0.2) is 15.0 Å². The van der Waals surface area contributed by atoms with E-state index in [1.807, 2.05) is 26.1 Å². The van der Waals surface area contributed by atoms with Gasteiger partial charge in [-0.05, 0) is 77.1 Å². The average molecular weight is 632 g/mol. The van der Waals surface area contributed by atoms with Crippen LogP contribution in [0.4, 0.5) is 19.0 Å². The molecule has 236 valence electrons. The maximum atomic E-state index is 13.2. The lowest BCUT2D eigenvalue weighted by atomic mass is 9.76. The van der Waals surface area contributed by atoms with Crippen LogP contribution in [0.2, 0.25) is 5.02 Å². The molecule has 3 N–H and O–H groups in total. The first-order chi connectivity index (χ1) is 20.9. The number of nitrogens with zero attached hydrogens (tertiary/aromatic N) is 5. The number of aromatic nitrogens is 5. The lowest BCUT2D eigenvalue weighted by Crippen LogP contribution is -2.45. The Morgan fingerprint density at radius 3 is 2.70 bits per heavy atom. The number of nitrogens with two attached hydrogens (primary N) is 1. The van der Waals surface area contributed by atoms with Gasteiger partial charge in [0.05, 0.1) is 39.2 Å². The van der Waals surface area contributed by atoms with Crippen LogP contribution in [0.1, 0.15) is 63.4 Å². The highest BCUT2D eigenvalue weighted by Gasteiger charge is 2.55. The fourth-order valence-electron chi connectivity index (χ4n) is 7.56. The molecule has 1 aromatic carbocycles. The summed E-state index contributed by atoms with van der Waals surface area (Å²) in [5.74, 6) is 1.47. The molecule has 0 spiro atoms. The summed E-state index contributed by atoms with van der Waals surface area (Å²) in [7, 11) is 2.21. The maximum absolute atomic E-state index is 13.2. The van der Waals surface area contributed by atoms with Crippen molar-refractivity contribution in [1.29, 1.82) is 0 Å². The number of alkyl halides is 3. The highest BCUT2D eigenvalue weighted by atomic mass is 35.5. The number of imidazole rings is 1. The van der Waals surface area contributed by atoms with Crippen molar-refractivity contribution >= 4 is 39.5 Å². The van der Waals surface area contributed by atoms with Crippen molar-refractivity contribution in [2.45, 2.75) is 88.6 Å². The summed E-state index contributed by atoms with van der Waals surface area (Å²) in [6, 6.07) is 4.92. The molecule has 9 nitrogen and oxygen atoms in total. The largest absolute Gasteiger partial charge is 0.417 e. The molecule has 13 heteroatoms. The number of aromatic amines is 1. The molecule has 1 aliphatic heterocycles. The van der Waals surface area contributed by atoms with Gasteiger partial charge in [-0.2, -0.15) is 13.2 Å². The molecule has 4 heterocycles. The Hall–Kier alpha value is -2.93. The average Bonchev–Trinajstić information content (AvgIpc) is 3.66. The van der Waals surface area contributed by atoms with E-state index in [9.17, 15) is 13.2 Å². The van der Waals surface area contributed by atoms with Gasteiger partial charge in [-0.15, -0.1) is 0 Å². The summed E-state index contributed by atoms with van der Waals surface area (Å²) < 4.78 is 54.7. The van der Waals surface area contributed by atoms with E-state index >= 15 is 0 Å². The highest BCUT2D eigenvalue weighted by Crippen LogP contribution is 2.48. The first-order valence-electron chi connectivity index (χ1n) is 15.2. The Labute approximate surface area is 258 Å². The number of nitrogen functional groups attached to an aromatic ring is 1. The molecule has 3 aliphatic rings. The molecule has 4 atom stereocenters. The fraction of sp³-hybridized carbons (Fsp3) is 0.581. The minimum absolute atomic E-state index is 0.00383. The van der Waals surface area contributed by atoms with Crippen molar-refractivity contribution in [2.24, 2.45) is 11.8 Å². The quantitative estimate of drug-likeness (QED) is 0.232. The van der Waals surface area contributed by atoms with Crippen LogP contribution in [0.5, 0.6) is 0 Å². The van der Waals surface area contributed by atoms with Gasteiger partial charge in [-0.1, -0.05) is 11.6 Å². The Bertz CT molecular complexity index is 1680. The van der Waals surface area contributed by atoms with Crippen molar-refractivity contribution in [1.82, 2.24) is 29.4 Å². The van der Waals surface area contributed by atoms with Gasteiger partial charge in [0.15, 0.2) is 5.79 Å². The molecule has 2 saturated carbocycles. The summed E-state index contributed by atoms with van der Waals surface area (Å²) in [5.41, 5.74) is 6.91. The number of nitrogens with one attached hydrogen (secondary N) is 1. The lowest BCUT2D eigenvalue weighted by Gasteiger charge is -2.42. The zero-order chi connectivity index (χ0) is 31.0. The number of aryl methyl sites for hydroxylation is 1. The van der Waals surface area contributed by atoms with Crippen LogP contribution in [0.15, 0.2) is 30.7 Å². The summed E-state index contributed by atoms with van der Waals surface area (Å²) in [6.07, 6.45) is 4.83. The summed E-state index contributed by atoms with van der Waals surface area (Å²) in [6.45, 7) is 4.88. The number of hydrogen-bond acceptors (Lipinski definition) is 7. The van der Waals surface area contributed by atoms with Crippen LogP contribution in [0.25, 0.3) is 22.1 Å². The lowest BCUT2D eigenvalue weighted by molar-refractivity contribution is -0.161. The van der Waals surface area contributed by atoms with Crippen LogP contribution in [0, 0.1) is 11.8 Å². The summed E-state index contributed by atoms with van der Waals surface area (Å²) >= 11 is 5.86. The van der Waals surface area contributed by atoms with Gasteiger partial charge in [0.2, 0.25) is 0 Å². The number of H-pyrrole nitrogens is 1. The normalized spacial score (nSPS) is 28.3. The number of benzene rings is 1. The van der Waals surface area contributed by atoms with Gasteiger partial charge in [0, 0.05) is 31.1 Å². The second-order valence-corrected chi connectivity index (χ2v) is 13.6. The van der Waals surface area contributed by atoms with Crippen molar-refractivity contribution < 1.29 is 22.6 Å². The van der Waals surface area contributed by atoms with E-state index in [0.29, 0.717) is 47.0 Å². The molecule has 3 aromatic heterocycles. The number of halogens is 4. The molecular weight excluding hydrogens is 595 g/mol. The third-order valence-electron chi connectivity index (χ3n) is 9.76. The molecule has 0 radical (unpaired) electrons. The first-order valence-corrected chi connectivity index (χ1v) is 15.6. The minimum Gasteiger partial charge on any atom is -0.383 e. The van der Waals surface area contributed by atoms with Gasteiger partial charge in [0.25, 0.3) is 0 Å². The Balaban J connectivity index is 0.934. The molecule has 0 bridgehead atoms. The topological polar surface area (TPSA) is 107 Å². The van der Waals surface area contributed by atoms with Crippen LogP contribution in [0.3, 0.4) is 0 Å². The van der Waals surface area contributed by atoms with E-state index in [0.717, 1.165) is 55.7 Å². The summed E-state index contributed by atoms with van der Waals surface area (Å²) in [4.78, 5) is 18.7. The highest BCUT2D eigenvalue weighted by molar-refractivity contribution is 6.32. The van der Waals surface area contributed by atoms with Crippen molar-refractivity contribution in [2.75, 3.05) is 19.3 Å². The van der Waals surface area contributed by atoms with Crippen LogP contribution in [-0.2, 0) is 22.1 Å². The predicted molar refractivity (Wildman–Crippen MR) is 161 cm³/mol. The SMILES string of the molecule is CN(C[C@H]1C[C@@H](n2ccc3c(N)ncnc32)[C@@H]2OC(C)(C)O[C@H]12)C1CC(CCCc2nc3cc(Cl)c(C(F)(F)F)cc3[nH]2)C1. The van der Waals surface area contributed by atoms with E-state index in [2.05, 4.69) is 36.5 Å². The Kier molecular flexibility index (Phi) is 7.34. The Morgan fingerprint density at radius 2 is 1.93 bits per heavy atom. The molecule has 3 fully saturated rings. The number of fused-ring (bicyclic) bond motifs is 3. The molecular formula is C31H37ClF3N7O2. The van der Waals surface area contributed by atoms with Crippen molar-refractivity contribution in [3.05, 3.63) is 47.1 Å². The fourth-order valence-corrected chi connectivity index (χ4v) is 7.82. The van der Waals surface area contributed by atoms with E-state index < -0.39 is 17.5 Å². The third-order valence-corrected chi connectivity index (χ3v) is 10.1. The van der Waals surface area contributed by atoms with Gasteiger partial charge in [0.1, 0.15) is 29.7 Å². The smallest absolute Gasteiger partial charge is 0.383 e. The summed E-state index contributed by atoms with van der Waals surface area (Å²) in [5, 5.41) is 0.522. The number of anilines is 1. The molecule has 7 rings (SSSR count). The van der Waals surface area contributed by atoms with E-state index in [1.54, 1.807) is 0 Å². The zero-order valence-corrected chi connectivity index (χ0v) is 25.7. The molecule has 44 heavy (non-hydrogen) atoms. The second-order valence-electron chi connectivity index (χ2n) is 13.2. The van der Waals surface area contributed by atoms with E-state index in [4.69, 9.17) is 26.8 Å².